The quantitative estimate of drug-likeness (QED) is 0.581. The maximum atomic E-state index is 5.22. The van der Waals surface area contributed by atoms with Gasteiger partial charge in [0.2, 0.25) is 0 Å². The van der Waals surface area contributed by atoms with Crippen molar-refractivity contribution in [3.05, 3.63) is 60.9 Å². The van der Waals surface area contributed by atoms with E-state index in [1.807, 2.05) is 25.1 Å². The lowest BCUT2D eigenvalue weighted by molar-refractivity contribution is 0.269. The van der Waals surface area contributed by atoms with Gasteiger partial charge in [-0.1, -0.05) is 24.8 Å². The molecule has 0 fully saturated rings. The first kappa shape index (κ1) is 13.2. The first-order chi connectivity index (χ1) is 9.24. The molecule has 98 valence electrons. The summed E-state index contributed by atoms with van der Waals surface area (Å²) >= 11 is 0. The smallest absolute Gasteiger partial charge is 0.119 e. The van der Waals surface area contributed by atoms with E-state index >= 15 is 0 Å². The highest BCUT2D eigenvalue weighted by Gasteiger charge is 2.00. The molecular weight excluding hydrogens is 236 g/mol. The Morgan fingerprint density at radius 1 is 1.16 bits per heavy atom. The molecule has 2 rings (SSSR count). The van der Waals surface area contributed by atoms with Gasteiger partial charge in [-0.15, -0.1) is 0 Å². The number of methoxy groups -OCH3 is 1. The van der Waals surface area contributed by atoms with Crippen molar-refractivity contribution in [2.75, 3.05) is 13.7 Å². The van der Waals surface area contributed by atoms with Gasteiger partial charge in [-0.25, -0.2) is 0 Å². The highest BCUT2D eigenvalue weighted by Crippen LogP contribution is 2.24. The van der Waals surface area contributed by atoms with Crippen LogP contribution in [-0.4, -0.2) is 13.7 Å². The molecular formula is C17H18O2. The van der Waals surface area contributed by atoms with Gasteiger partial charge in [-0.05, 0) is 53.1 Å². The Labute approximate surface area is 114 Å². The number of rotatable bonds is 5. The fraction of sp³-hybridized carbons (Fsp3) is 0.176. The van der Waals surface area contributed by atoms with Crippen LogP contribution in [0.4, 0.5) is 0 Å². The molecule has 0 spiro atoms. The van der Waals surface area contributed by atoms with Crippen LogP contribution in [0.25, 0.3) is 16.3 Å². The highest BCUT2D eigenvalue weighted by molar-refractivity contribution is 5.88. The molecule has 0 radical (unpaired) electrons. The summed E-state index contributed by atoms with van der Waals surface area (Å²) in [6.45, 7) is 6.67. The van der Waals surface area contributed by atoms with Crippen LogP contribution in [-0.2, 0) is 4.74 Å². The van der Waals surface area contributed by atoms with Crippen LogP contribution < -0.4 is 4.74 Å². The average molecular weight is 254 g/mol. The predicted octanol–water partition coefficient (Wildman–Crippen LogP) is 4.41. The Kier molecular flexibility index (Phi) is 4.24. The van der Waals surface area contributed by atoms with Crippen LogP contribution in [0, 0.1) is 0 Å². The van der Waals surface area contributed by atoms with Crippen LogP contribution in [0.1, 0.15) is 12.5 Å². The van der Waals surface area contributed by atoms with E-state index in [0.717, 1.165) is 22.3 Å². The van der Waals surface area contributed by atoms with Gasteiger partial charge in [0.15, 0.2) is 0 Å². The summed E-state index contributed by atoms with van der Waals surface area (Å²) in [5, 5.41) is 2.33. The predicted molar refractivity (Wildman–Crippen MR) is 80.3 cm³/mol. The van der Waals surface area contributed by atoms with Crippen molar-refractivity contribution in [2.24, 2.45) is 0 Å². The van der Waals surface area contributed by atoms with Crippen molar-refractivity contribution in [1.82, 2.24) is 0 Å². The molecule has 0 aromatic heterocycles. The summed E-state index contributed by atoms with van der Waals surface area (Å²) in [6.07, 6.45) is 3.56. The van der Waals surface area contributed by atoms with E-state index < -0.39 is 0 Å². The molecule has 0 saturated heterocycles. The van der Waals surface area contributed by atoms with Crippen LogP contribution in [0.3, 0.4) is 0 Å². The van der Waals surface area contributed by atoms with Crippen LogP contribution in [0.5, 0.6) is 5.75 Å². The van der Waals surface area contributed by atoms with Gasteiger partial charge in [0, 0.05) is 0 Å². The zero-order chi connectivity index (χ0) is 13.7. The van der Waals surface area contributed by atoms with Gasteiger partial charge in [0.1, 0.15) is 5.75 Å². The highest BCUT2D eigenvalue weighted by atomic mass is 16.5. The van der Waals surface area contributed by atoms with Gasteiger partial charge in [0.25, 0.3) is 0 Å². The Bertz CT molecular complexity index is 612. The van der Waals surface area contributed by atoms with E-state index in [1.165, 1.54) is 5.39 Å². The van der Waals surface area contributed by atoms with Gasteiger partial charge < -0.3 is 9.47 Å². The molecule has 0 aliphatic rings. The number of benzene rings is 2. The van der Waals surface area contributed by atoms with Crippen molar-refractivity contribution in [1.29, 1.82) is 0 Å². The van der Waals surface area contributed by atoms with Gasteiger partial charge >= 0.3 is 0 Å². The van der Waals surface area contributed by atoms with Gasteiger partial charge in [-0.2, -0.15) is 0 Å². The number of allylic oxidation sites excluding steroid dienone is 2. The minimum Gasteiger partial charge on any atom is -0.501 e. The minimum atomic E-state index is 0.668. The molecule has 2 heteroatoms. The molecule has 0 heterocycles. The lowest BCUT2D eigenvalue weighted by Gasteiger charge is -2.06. The summed E-state index contributed by atoms with van der Waals surface area (Å²) in [5.74, 6) is 0.871. The van der Waals surface area contributed by atoms with Crippen molar-refractivity contribution in [2.45, 2.75) is 6.92 Å². The van der Waals surface area contributed by atoms with E-state index in [2.05, 4.69) is 30.8 Å². The number of hydrogen-bond acceptors (Lipinski definition) is 2. The van der Waals surface area contributed by atoms with Crippen molar-refractivity contribution in [3.8, 4) is 5.75 Å². The lowest BCUT2D eigenvalue weighted by Crippen LogP contribution is -1.84. The molecule has 0 saturated carbocycles. The molecule has 2 nitrogen and oxygen atoms in total. The second-order valence-corrected chi connectivity index (χ2v) is 4.21. The Hall–Kier alpha value is -2.22. The Morgan fingerprint density at radius 3 is 2.63 bits per heavy atom. The first-order valence-corrected chi connectivity index (χ1v) is 6.30. The zero-order valence-corrected chi connectivity index (χ0v) is 11.3. The largest absolute Gasteiger partial charge is 0.501 e. The van der Waals surface area contributed by atoms with Crippen molar-refractivity contribution >= 4 is 16.3 Å². The standard InChI is InChI=1S/C17H18O2/c1-4-19-10-9-13(2)14-5-6-16-12-17(18-3)8-7-15(16)11-14/h5-12H,2,4H2,1,3H3/b10-9+. The van der Waals surface area contributed by atoms with E-state index in [9.17, 15) is 0 Å². The monoisotopic (exact) mass is 254 g/mol. The molecule has 0 amide bonds. The molecule has 2 aromatic carbocycles. The van der Waals surface area contributed by atoms with Crippen LogP contribution in [0.2, 0.25) is 0 Å². The molecule has 0 aliphatic heterocycles. The Morgan fingerprint density at radius 2 is 1.89 bits per heavy atom. The van der Waals surface area contributed by atoms with E-state index in [4.69, 9.17) is 9.47 Å². The van der Waals surface area contributed by atoms with Gasteiger partial charge in [0.05, 0.1) is 20.0 Å². The van der Waals surface area contributed by atoms with Crippen molar-refractivity contribution < 1.29 is 9.47 Å². The van der Waals surface area contributed by atoms with E-state index in [1.54, 1.807) is 13.4 Å². The molecule has 0 unspecified atom stereocenters. The number of fused-ring (bicyclic) bond motifs is 1. The molecule has 0 atom stereocenters. The average Bonchev–Trinajstić information content (AvgIpc) is 2.46. The minimum absolute atomic E-state index is 0.668. The normalized spacial score (nSPS) is 10.8. The fourth-order valence-electron chi connectivity index (χ4n) is 1.87. The zero-order valence-electron chi connectivity index (χ0n) is 11.3. The lowest BCUT2D eigenvalue weighted by atomic mass is 10.0. The fourth-order valence-corrected chi connectivity index (χ4v) is 1.87. The molecule has 0 N–H and O–H groups in total. The summed E-state index contributed by atoms with van der Waals surface area (Å²) in [6, 6.07) is 12.3. The maximum absolute atomic E-state index is 5.22. The summed E-state index contributed by atoms with van der Waals surface area (Å²) in [4.78, 5) is 0. The SMILES string of the molecule is C=C(/C=C/OCC)c1ccc2cc(OC)ccc2c1. The topological polar surface area (TPSA) is 18.5 Å². The summed E-state index contributed by atoms with van der Waals surface area (Å²) < 4.78 is 10.4. The second kappa shape index (κ2) is 6.10. The summed E-state index contributed by atoms with van der Waals surface area (Å²) in [7, 11) is 1.68. The third-order valence-corrected chi connectivity index (χ3v) is 2.95. The van der Waals surface area contributed by atoms with E-state index in [0.29, 0.717) is 6.61 Å². The van der Waals surface area contributed by atoms with Crippen LogP contribution in [0.15, 0.2) is 55.3 Å². The van der Waals surface area contributed by atoms with Crippen molar-refractivity contribution in [3.63, 3.8) is 0 Å². The molecule has 19 heavy (non-hydrogen) atoms. The first-order valence-electron chi connectivity index (χ1n) is 6.30. The number of ether oxygens (including phenoxy) is 2. The third kappa shape index (κ3) is 3.16. The molecule has 0 aliphatic carbocycles. The maximum Gasteiger partial charge on any atom is 0.119 e. The van der Waals surface area contributed by atoms with E-state index in [-0.39, 0.29) is 0 Å². The number of hydrogen-bond donors (Lipinski definition) is 0. The third-order valence-electron chi connectivity index (χ3n) is 2.95. The van der Waals surface area contributed by atoms with Crippen LogP contribution >= 0.6 is 0 Å². The molecule has 0 bridgehead atoms. The second-order valence-electron chi connectivity index (χ2n) is 4.21. The summed E-state index contributed by atoms with van der Waals surface area (Å²) in [5.41, 5.74) is 2.03. The van der Waals surface area contributed by atoms with Gasteiger partial charge in [-0.3, -0.25) is 0 Å². The molecule has 2 aromatic rings. The Balaban J connectivity index is 2.29.